The van der Waals surface area contributed by atoms with Gasteiger partial charge in [-0.25, -0.2) is 0 Å². The van der Waals surface area contributed by atoms with Gasteiger partial charge in [-0.3, -0.25) is 9.59 Å². The molecule has 0 saturated carbocycles. The molecule has 1 aromatic rings. The molecule has 4 heteroatoms. The first kappa shape index (κ1) is 18.0. The molecule has 0 spiro atoms. The Balaban J connectivity index is 1.52. The number of hydrogen-bond acceptors (Lipinski definition) is 2. The van der Waals surface area contributed by atoms with Crippen LogP contribution in [0.1, 0.15) is 49.8 Å². The van der Waals surface area contributed by atoms with E-state index in [2.05, 4.69) is 32.0 Å². The maximum absolute atomic E-state index is 12.6. The third-order valence-electron chi connectivity index (χ3n) is 5.80. The molecule has 1 aliphatic heterocycles. The predicted molar refractivity (Wildman–Crippen MR) is 99.4 cm³/mol. The maximum atomic E-state index is 12.6. The van der Waals surface area contributed by atoms with E-state index in [0.717, 1.165) is 24.8 Å². The summed E-state index contributed by atoms with van der Waals surface area (Å²) in [6, 6.07) is 6.51. The van der Waals surface area contributed by atoms with Gasteiger partial charge in [0.05, 0.1) is 6.42 Å². The lowest BCUT2D eigenvalue weighted by Crippen LogP contribution is -2.52. The number of aryl methyl sites for hydroxylation is 2. The minimum Gasteiger partial charge on any atom is -0.339 e. The monoisotopic (exact) mass is 342 g/mol. The molecule has 1 aromatic carbocycles. The van der Waals surface area contributed by atoms with E-state index >= 15 is 0 Å². The van der Waals surface area contributed by atoms with Crippen LogP contribution in [-0.2, 0) is 28.9 Å². The summed E-state index contributed by atoms with van der Waals surface area (Å²) >= 11 is 0. The zero-order chi connectivity index (χ0) is 17.8. The van der Waals surface area contributed by atoms with Crippen LogP contribution in [0.25, 0.3) is 0 Å². The standard InChI is InChI=1S/C21H30N2O2/c1-3-17(4-2)21(25)23-12-10-22(11-13-23)20(24)15-16-8-9-18-6-5-7-19(18)14-16/h8-9,14,17H,3-7,10-13,15H2,1-2H3. The van der Waals surface area contributed by atoms with Crippen LogP contribution in [0.15, 0.2) is 18.2 Å². The predicted octanol–water partition coefficient (Wildman–Crippen LogP) is 2.82. The van der Waals surface area contributed by atoms with E-state index in [-0.39, 0.29) is 17.7 Å². The van der Waals surface area contributed by atoms with Crippen molar-refractivity contribution in [3.8, 4) is 0 Å². The smallest absolute Gasteiger partial charge is 0.227 e. The summed E-state index contributed by atoms with van der Waals surface area (Å²) < 4.78 is 0. The van der Waals surface area contributed by atoms with Gasteiger partial charge in [-0.05, 0) is 48.8 Å². The Bertz CT molecular complexity index is 629. The van der Waals surface area contributed by atoms with Gasteiger partial charge in [-0.15, -0.1) is 0 Å². The zero-order valence-electron chi connectivity index (χ0n) is 15.6. The third kappa shape index (κ3) is 4.05. The number of carbonyl (C=O) groups excluding carboxylic acids is 2. The van der Waals surface area contributed by atoms with E-state index in [1.165, 1.54) is 24.0 Å². The van der Waals surface area contributed by atoms with Gasteiger partial charge >= 0.3 is 0 Å². The molecule has 4 nitrogen and oxygen atoms in total. The van der Waals surface area contributed by atoms with Crippen LogP contribution in [-0.4, -0.2) is 47.8 Å². The summed E-state index contributed by atoms with van der Waals surface area (Å²) in [6.07, 6.45) is 5.83. The van der Waals surface area contributed by atoms with E-state index in [9.17, 15) is 9.59 Å². The Hall–Kier alpha value is -1.84. The second-order valence-electron chi connectivity index (χ2n) is 7.35. The minimum atomic E-state index is 0.133. The first-order valence-electron chi connectivity index (χ1n) is 9.79. The van der Waals surface area contributed by atoms with Gasteiger partial charge in [0.15, 0.2) is 0 Å². The fraction of sp³-hybridized carbons (Fsp3) is 0.619. The van der Waals surface area contributed by atoms with Crippen LogP contribution in [0.2, 0.25) is 0 Å². The number of piperazine rings is 1. The summed E-state index contributed by atoms with van der Waals surface area (Å²) in [7, 11) is 0. The topological polar surface area (TPSA) is 40.6 Å². The molecule has 0 unspecified atom stereocenters. The largest absolute Gasteiger partial charge is 0.339 e. The highest BCUT2D eigenvalue weighted by Crippen LogP contribution is 2.23. The summed E-state index contributed by atoms with van der Waals surface area (Å²) in [4.78, 5) is 28.9. The number of fused-ring (bicyclic) bond motifs is 1. The first-order chi connectivity index (χ1) is 12.1. The molecule has 1 heterocycles. The maximum Gasteiger partial charge on any atom is 0.227 e. The third-order valence-corrected chi connectivity index (χ3v) is 5.80. The quantitative estimate of drug-likeness (QED) is 0.825. The van der Waals surface area contributed by atoms with Crippen molar-refractivity contribution in [2.45, 2.75) is 52.4 Å². The molecule has 2 amide bonds. The van der Waals surface area contributed by atoms with Crippen molar-refractivity contribution in [3.63, 3.8) is 0 Å². The highest BCUT2D eigenvalue weighted by atomic mass is 16.2. The molecular formula is C21H30N2O2. The van der Waals surface area contributed by atoms with Crippen LogP contribution in [0.4, 0.5) is 0 Å². The van der Waals surface area contributed by atoms with Crippen molar-refractivity contribution in [3.05, 3.63) is 34.9 Å². The lowest BCUT2D eigenvalue weighted by molar-refractivity contribution is -0.142. The SMILES string of the molecule is CCC(CC)C(=O)N1CCN(C(=O)Cc2ccc3c(c2)CCC3)CC1. The molecule has 0 N–H and O–H groups in total. The highest BCUT2D eigenvalue weighted by Gasteiger charge is 2.27. The Morgan fingerprint density at radius 2 is 1.60 bits per heavy atom. The average molecular weight is 342 g/mol. The molecule has 1 aliphatic carbocycles. The molecule has 3 rings (SSSR count). The Morgan fingerprint density at radius 3 is 2.28 bits per heavy atom. The van der Waals surface area contributed by atoms with Crippen molar-refractivity contribution in [1.29, 1.82) is 0 Å². The van der Waals surface area contributed by atoms with E-state index in [0.29, 0.717) is 32.6 Å². The lowest BCUT2D eigenvalue weighted by Gasteiger charge is -2.36. The van der Waals surface area contributed by atoms with E-state index in [1.807, 2.05) is 9.80 Å². The molecule has 0 aromatic heterocycles. The zero-order valence-corrected chi connectivity index (χ0v) is 15.6. The molecule has 1 fully saturated rings. The van der Waals surface area contributed by atoms with Crippen LogP contribution in [0.5, 0.6) is 0 Å². The van der Waals surface area contributed by atoms with E-state index in [4.69, 9.17) is 0 Å². The molecule has 0 bridgehead atoms. The lowest BCUT2D eigenvalue weighted by atomic mass is 10.0. The molecule has 136 valence electrons. The molecule has 0 atom stereocenters. The number of carbonyl (C=O) groups is 2. The van der Waals surface area contributed by atoms with Crippen molar-refractivity contribution in [1.82, 2.24) is 9.80 Å². The van der Waals surface area contributed by atoms with Crippen LogP contribution >= 0.6 is 0 Å². The van der Waals surface area contributed by atoms with Gasteiger partial charge in [0.25, 0.3) is 0 Å². The van der Waals surface area contributed by atoms with Gasteiger partial charge < -0.3 is 9.80 Å². The number of nitrogens with zero attached hydrogens (tertiary/aromatic N) is 2. The fourth-order valence-electron chi connectivity index (χ4n) is 4.09. The van der Waals surface area contributed by atoms with Crippen LogP contribution in [0, 0.1) is 5.92 Å². The Kier molecular flexibility index (Phi) is 5.77. The normalized spacial score (nSPS) is 17.1. The van der Waals surface area contributed by atoms with Gasteiger partial charge in [-0.1, -0.05) is 32.0 Å². The number of amides is 2. The molecule has 1 saturated heterocycles. The molecule has 0 radical (unpaired) electrons. The summed E-state index contributed by atoms with van der Waals surface area (Å²) in [5.74, 6) is 0.581. The van der Waals surface area contributed by atoms with E-state index < -0.39 is 0 Å². The molecule has 25 heavy (non-hydrogen) atoms. The highest BCUT2D eigenvalue weighted by molar-refractivity contribution is 5.81. The van der Waals surface area contributed by atoms with Gasteiger partial charge in [0.2, 0.25) is 11.8 Å². The summed E-state index contributed by atoms with van der Waals surface area (Å²) in [6.45, 7) is 6.81. The first-order valence-corrected chi connectivity index (χ1v) is 9.79. The minimum absolute atomic E-state index is 0.133. The van der Waals surface area contributed by atoms with Crippen molar-refractivity contribution < 1.29 is 9.59 Å². The fourth-order valence-corrected chi connectivity index (χ4v) is 4.09. The summed E-state index contributed by atoms with van der Waals surface area (Å²) in [5, 5.41) is 0. The average Bonchev–Trinajstić information content (AvgIpc) is 3.10. The van der Waals surface area contributed by atoms with Crippen molar-refractivity contribution in [2.24, 2.45) is 5.92 Å². The molecule has 2 aliphatic rings. The Morgan fingerprint density at radius 1 is 0.960 bits per heavy atom. The van der Waals surface area contributed by atoms with Gasteiger partial charge in [0.1, 0.15) is 0 Å². The van der Waals surface area contributed by atoms with Crippen LogP contribution < -0.4 is 0 Å². The van der Waals surface area contributed by atoms with Gasteiger partial charge in [0, 0.05) is 32.1 Å². The van der Waals surface area contributed by atoms with Crippen LogP contribution in [0.3, 0.4) is 0 Å². The second kappa shape index (κ2) is 8.03. The second-order valence-corrected chi connectivity index (χ2v) is 7.35. The van der Waals surface area contributed by atoms with Crippen molar-refractivity contribution in [2.75, 3.05) is 26.2 Å². The number of rotatable bonds is 5. The Labute approximate surface area is 151 Å². The van der Waals surface area contributed by atoms with Gasteiger partial charge in [-0.2, -0.15) is 0 Å². The molecular weight excluding hydrogens is 312 g/mol. The van der Waals surface area contributed by atoms with Crippen molar-refractivity contribution >= 4 is 11.8 Å². The number of hydrogen-bond donors (Lipinski definition) is 0. The summed E-state index contributed by atoms with van der Waals surface area (Å²) in [5.41, 5.74) is 4.00. The van der Waals surface area contributed by atoms with E-state index in [1.54, 1.807) is 0 Å². The number of benzene rings is 1.